The largest absolute Gasteiger partial charge is 0.510 e. The van der Waals surface area contributed by atoms with Crippen molar-refractivity contribution in [2.24, 2.45) is 12.5 Å². The molecule has 1 aromatic carbocycles. The lowest BCUT2D eigenvalue weighted by Crippen LogP contribution is -2.63. The number of amides is 2. The van der Waals surface area contributed by atoms with E-state index in [0.717, 1.165) is 11.1 Å². The molecule has 3 atom stereocenters. The molecule has 15 heteroatoms. The van der Waals surface area contributed by atoms with Crippen molar-refractivity contribution in [1.29, 1.82) is 0 Å². The van der Waals surface area contributed by atoms with Crippen molar-refractivity contribution in [2.45, 2.75) is 72.7 Å². The lowest BCUT2D eigenvalue weighted by atomic mass is 9.77. The second-order valence-electron chi connectivity index (χ2n) is 12.8. The van der Waals surface area contributed by atoms with Crippen LogP contribution in [0, 0.1) is 12.3 Å². The number of piperidine rings is 1. The number of carbonyl (C=O) groups is 3. The number of pyridine rings is 1. The maximum atomic E-state index is 14.5. The van der Waals surface area contributed by atoms with Gasteiger partial charge in [0.05, 0.1) is 24.9 Å². The van der Waals surface area contributed by atoms with Gasteiger partial charge in [-0.1, -0.05) is 39.0 Å². The number of ether oxygens (including phenoxy) is 2. The molecule has 0 saturated carbocycles. The van der Waals surface area contributed by atoms with Gasteiger partial charge in [-0.2, -0.15) is 5.10 Å². The predicted octanol–water partition coefficient (Wildman–Crippen LogP) is 5.34. The van der Waals surface area contributed by atoms with Crippen LogP contribution in [0.25, 0.3) is 22.6 Å². The average Bonchev–Trinajstić information content (AvgIpc) is 3.68. The summed E-state index contributed by atoms with van der Waals surface area (Å²) in [6.45, 7) is 11.7. The van der Waals surface area contributed by atoms with Crippen molar-refractivity contribution in [3.05, 3.63) is 59.9 Å². The standard InChI is InChI=1S/C33H41N9O6/c1-8-47-32(46)48-21(3)42-37-28(36-38-42)26-24(19-35-39(26)7)22-13-15-23(16-14-22)30(43)41(29-20(2)11-9-17-34-29)25-12-10-18-40(31(44)45)27(25)33(4,5)6/h9,11,13-17,19,21,25,27H,8,10,12,18H2,1-7H3,(H,44,45)/t21-,25-,27?/m1/s1. The summed E-state index contributed by atoms with van der Waals surface area (Å²) in [6, 6.07) is 9.93. The molecule has 3 aromatic heterocycles. The minimum Gasteiger partial charge on any atom is -0.465 e. The van der Waals surface area contributed by atoms with Gasteiger partial charge in [-0.05, 0) is 73.6 Å². The fourth-order valence-corrected chi connectivity index (χ4v) is 6.30. The van der Waals surface area contributed by atoms with Crippen molar-refractivity contribution >= 4 is 24.0 Å². The highest BCUT2D eigenvalue weighted by atomic mass is 16.7. The first-order valence-electron chi connectivity index (χ1n) is 15.8. The van der Waals surface area contributed by atoms with E-state index in [1.807, 2.05) is 52.0 Å². The van der Waals surface area contributed by atoms with Gasteiger partial charge in [0.2, 0.25) is 12.1 Å². The first-order valence-corrected chi connectivity index (χ1v) is 15.8. The fraction of sp³-hybridized carbons (Fsp3) is 0.455. The summed E-state index contributed by atoms with van der Waals surface area (Å²) in [4.78, 5) is 47.6. The highest BCUT2D eigenvalue weighted by molar-refractivity contribution is 6.06. The summed E-state index contributed by atoms with van der Waals surface area (Å²) in [5.74, 6) is 0.485. The third kappa shape index (κ3) is 6.85. The van der Waals surface area contributed by atoms with Crippen LogP contribution < -0.4 is 4.90 Å². The van der Waals surface area contributed by atoms with Crippen LogP contribution in [0.4, 0.5) is 15.4 Å². The number of hydrogen-bond acceptors (Lipinski definition) is 10. The number of likely N-dealkylation sites (tertiary alicyclic amines) is 1. The molecule has 4 aromatic rings. The summed E-state index contributed by atoms with van der Waals surface area (Å²) >= 11 is 0. The van der Waals surface area contributed by atoms with E-state index >= 15 is 0 Å². The second-order valence-corrected chi connectivity index (χ2v) is 12.8. The van der Waals surface area contributed by atoms with Crippen molar-refractivity contribution in [1.82, 2.24) is 39.9 Å². The Morgan fingerprint density at radius 3 is 2.52 bits per heavy atom. The summed E-state index contributed by atoms with van der Waals surface area (Å²) in [6.07, 6.45) is 1.86. The minimum atomic E-state index is -1.00. The van der Waals surface area contributed by atoms with E-state index in [9.17, 15) is 19.5 Å². The Balaban J connectivity index is 1.48. The molecule has 48 heavy (non-hydrogen) atoms. The first kappa shape index (κ1) is 34.0. The zero-order valence-electron chi connectivity index (χ0n) is 28.2. The average molecular weight is 660 g/mol. The van der Waals surface area contributed by atoms with E-state index < -0.39 is 36.0 Å². The summed E-state index contributed by atoms with van der Waals surface area (Å²) in [5.41, 5.74) is 2.80. The number of hydrogen-bond donors (Lipinski definition) is 1. The molecule has 0 spiro atoms. The highest BCUT2D eigenvalue weighted by Gasteiger charge is 2.46. The van der Waals surface area contributed by atoms with E-state index in [2.05, 4.69) is 25.5 Å². The molecule has 2 amide bonds. The molecule has 0 radical (unpaired) electrons. The Labute approximate surface area is 278 Å². The quantitative estimate of drug-likeness (QED) is 0.242. The zero-order valence-corrected chi connectivity index (χ0v) is 28.2. The van der Waals surface area contributed by atoms with Crippen molar-refractivity contribution in [3.63, 3.8) is 0 Å². The summed E-state index contributed by atoms with van der Waals surface area (Å²) in [5, 5.41) is 27.2. The number of aryl methyl sites for hydroxylation is 2. The van der Waals surface area contributed by atoms with Crippen LogP contribution >= 0.6 is 0 Å². The lowest BCUT2D eigenvalue weighted by molar-refractivity contribution is -0.00514. The number of benzene rings is 1. The summed E-state index contributed by atoms with van der Waals surface area (Å²) in [7, 11) is 1.75. The zero-order chi connectivity index (χ0) is 34.7. The van der Waals surface area contributed by atoms with Crippen LogP contribution in [0.3, 0.4) is 0 Å². The van der Waals surface area contributed by atoms with Crippen LogP contribution in [-0.2, 0) is 16.5 Å². The van der Waals surface area contributed by atoms with Crippen LogP contribution in [0.1, 0.15) is 69.6 Å². The molecule has 4 heterocycles. The van der Waals surface area contributed by atoms with Crippen LogP contribution in [0.5, 0.6) is 0 Å². The van der Waals surface area contributed by atoms with Crippen LogP contribution in [0.15, 0.2) is 48.8 Å². The van der Waals surface area contributed by atoms with Gasteiger partial charge in [-0.3, -0.25) is 14.4 Å². The molecule has 1 N–H and O–H groups in total. The molecule has 1 aliphatic rings. The molecule has 1 aliphatic heterocycles. The van der Waals surface area contributed by atoms with E-state index in [1.54, 1.807) is 55.0 Å². The van der Waals surface area contributed by atoms with Crippen LogP contribution in [-0.4, -0.2) is 88.4 Å². The number of nitrogens with zero attached hydrogens (tertiary/aromatic N) is 9. The van der Waals surface area contributed by atoms with E-state index in [-0.39, 0.29) is 18.3 Å². The van der Waals surface area contributed by atoms with Gasteiger partial charge < -0.3 is 19.5 Å². The summed E-state index contributed by atoms with van der Waals surface area (Å²) < 4.78 is 11.6. The van der Waals surface area contributed by atoms with Gasteiger partial charge >= 0.3 is 12.2 Å². The molecular weight excluding hydrogens is 618 g/mol. The maximum Gasteiger partial charge on any atom is 0.510 e. The number of tetrazole rings is 1. The molecule has 15 nitrogen and oxygen atoms in total. The SMILES string of the molecule is CCOC(=O)O[C@H](C)n1nnc(-c2c(-c3ccc(C(=O)N(c4ncccc4C)[C@@H]4CCCN(C(=O)O)C4C(C)(C)C)cc3)cnn2C)n1. The highest BCUT2D eigenvalue weighted by Crippen LogP contribution is 2.38. The molecule has 1 fully saturated rings. The fourth-order valence-electron chi connectivity index (χ4n) is 6.30. The lowest BCUT2D eigenvalue weighted by Gasteiger charge is -2.50. The van der Waals surface area contributed by atoms with Crippen molar-refractivity contribution in [2.75, 3.05) is 18.1 Å². The predicted molar refractivity (Wildman–Crippen MR) is 175 cm³/mol. The smallest absolute Gasteiger partial charge is 0.465 e. The Hall–Kier alpha value is -5.34. The third-order valence-corrected chi connectivity index (χ3v) is 8.37. The first-order chi connectivity index (χ1) is 22.8. The number of carboxylic acid groups (broad SMARTS) is 1. The van der Waals surface area contributed by atoms with Gasteiger partial charge in [0, 0.05) is 30.9 Å². The Morgan fingerprint density at radius 1 is 1.15 bits per heavy atom. The monoisotopic (exact) mass is 659 g/mol. The van der Waals surface area contributed by atoms with Crippen molar-refractivity contribution in [3.8, 4) is 22.6 Å². The Morgan fingerprint density at radius 2 is 1.88 bits per heavy atom. The number of aromatic nitrogens is 7. The van der Waals surface area contributed by atoms with Gasteiger partial charge in [0.15, 0.2) is 0 Å². The molecule has 0 aliphatic carbocycles. The number of rotatable bonds is 8. The molecule has 254 valence electrons. The Kier molecular flexibility index (Phi) is 9.77. The van der Waals surface area contributed by atoms with Gasteiger partial charge in [-0.25, -0.2) is 14.6 Å². The van der Waals surface area contributed by atoms with Crippen LogP contribution in [0.2, 0.25) is 0 Å². The molecule has 1 unspecified atom stereocenters. The normalized spacial score (nSPS) is 17.1. The maximum absolute atomic E-state index is 14.5. The molecule has 0 bridgehead atoms. The van der Waals surface area contributed by atoms with Gasteiger partial charge in [0.25, 0.3) is 5.91 Å². The van der Waals surface area contributed by atoms with E-state index in [4.69, 9.17) is 9.47 Å². The molecule has 1 saturated heterocycles. The van der Waals surface area contributed by atoms with Gasteiger partial charge in [0.1, 0.15) is 11.5 Å². The number of carbonyl (C=O) groups excluding carboxylic acids is 2. The topological polar surface area (TPSA) is 171 Å². The van der Waals surface area contributed by atoms with E-state index in [0.29, 0.717) is 42.0 Å². The Bertz CT molecular complexity index is 1780. The third-order valence-electron chi connectivity index (χ3n) is 8.37. The molecular formula is C33H41N9O6. The second kappa shape index (κ2) is 13.8. The minimum absolute atomic E-state index is 0.173. The van der Waals surface area contributed by atoms with Crippen molar-refractivity contribution < 1.29 is 29.0 Å². The van der Waals surface area contributed by atoms with E-state index in [1.165, 1.54) is 9.70 Å². The van der Waals surface area contributed by atoms with Gasteiger partial charge in [-0.15, -0.1) is 15.0 Å². The molecule has 5 rings (SSSR count). The number of anilines is 1.